The third kappa shape index (κ3) is 17.0. The fourth-order valence-corrected chi connectivity index (χ4v) is 8.52. The number of anilines is 4. The predicted octanol–water partition coefficient (Wildman–Crippen LogP) is 10.3. The van der Waals surface area contributed by atoms with E-state index in [4.69, 9.17) is 0 Å². The van der Waals surface area contributed by atoms with Crippen LogP contribution in [0.25, 0.3) is 0 Å². The molecule has 0 amide bonds. The van der Waals surface area contributed by atoms with Gasteiger partial charge in [-0.15, -0.1) is 0 Å². The van der Waals surface area contributed by atoms with Crippen LogP contribution < -0.4 is 9.80 Å². The Kier molecular flexibility index (Phi) is 21.5. The largest absolute Gasteiger partial charge is 0.345 e. The Labute approximate surface area is 358 Å². The van der Waals surface area contributed by atoms with Gasteiger partial charge in [0.2, 0.25) is 0 Å². The van der Waals surface area contributed by atoms with E-state index in [2.05, 4.69) is 129 Å². The number of unbranched alkanes of at least 4 members (excludes halogenated alkanes) is 14. The highest BCUT2D eigenvalue weighted by Crippen LogP contribution is 2.47. The minimum absolute atomic E-state index is 0.308. The topological polar surface area (TPSA) is 46.9 Å². The van der Waals surface area contributed by atoms with Crippen molar-refractivity contribution < 1.29 is 28.1 Å². The molecule has 0 fully saturated rings. The summed E-state index contributed by atoms with van der Waals surface area (Å²) in [6.45, 7) is 12.4. The van der Waals surface area contributed by atoms with Gasteiger partial charge in [-0.3, -0.25) is 8.97 Å². The molecule has 2 N–H and O–H groups in total. The predicted molar refractivity (Wildman–Crippen MR) is 251 cm³/mol. The van der Waals surface area contributed by atoms with Crippen LogP contribution in [0.2, 0.25) is 0 Å². The van der Waals surface area contributed by atoms with E-state index in [1.54, 1.807) is 0 Å². The molecule has 0 radical (unpaired) electrons. The number of aliphatic hydroxyl groups is 2. The Hall–Kier alpha value is -2.20. The van der Waals surface area contributed by atoms with Crippen molar-refractivity contribution in [1.82, 2.24) is 0 Å². The van der Waals surface area contributed by atoms with Gasteiger partial charge in [0.1, 0.15) is 26.2 Å². The second-order valence-corrected chi connectivity index (χ2v) is 20.5. The van der Waals surface area contributed by atoms with E-state index in [-0.39, 0.29) is 12.5 Å². The van der Waals surface area contributed by atoms with Gasteiger partial charge in [-0.2, -0.15) is 0 Å². The molecule has 2 aromatic rings. The standard InChI is InChI=1S/C50H94N6O2/c1-11-13-15-17-19-21-23-25-35-49(57)55(7,8)43-41-53(3,4)39-37-51-45-31-27-29-33-47(45)52(48-34-30-28-32-46(48)51)38-40-54(5,6)42-44-56(9,10)50(58)36-26-24-22-20-18-16-14-12-2/h27-34,49-50,57-58H,11-26,35-44H2,1-10H3/q+4. The maximum Gasteiger partial charge on any atom is 0.190 e. The lowest BCUT2D eigenvalue weighted by atomic mass is 10.1. The Morgan fingerprint density at radius 1 is 0.397 bits per heavy atom. The molecular formula is C50H94N6O2+4. The van der Waals surface area contributed by atoms with Crippen molar-refractivity contribution in [2.24, 2.45) is 0 Å². The van der Waals surface area contributed by atoms with Crippen molar-refractivity contribution in [2.45, 2.75) is 142 Å². The van der Waals surface area contributed by atoms with Crippen LogP contribution in [0.5, 0.6) is 0 Å². The first-order chi connectivity index (χ1) is 27.5. The highest BCUT2D eigenvalue weighted by molar-refractivity contribution is 5.93. The van der Waals surface area contributed by atoms with Gasteiger partial charge in [0.05, 0.1) is 105 Å². The van der Waals surface area contributed by atoms with Gasteiger partial charge in [-0.25, -0.2) is 0 Å². The van der Waals surface area contributed by atoms with Crippen LogP contribution in [0.1, 0.15) is 129 Å². The maximum atomic E-state index is 11.2. The Morgan fingerprint density at radius 2 is 0.672 bits per heavy atom. The SMILES string of the molecule is CCCCCCCCCCC(O)[N+](C)(C)CC[N+](C)(C)CCN1c2ccccc2N(CC[N+](C)(C)CC[N+](C)(C)C(O)CCCCCCCCCC)c2ccccc21. The van der Waals surface area contributed by atoms with Gasteiger partial charge in [0, 0.05) is 12.8 Å². The van der Waals surface area contributed by atoms with Crippen LogP contribution in [0.4, 0.5) is 22.7 Å². The Balaban J connectivity index is 1.54. The number of para-hydroxylation sites is 4. The number of benzene rings is 2. The van der Waals surface area contributed by atoms with E-state index in [1.807, 2.05) is 0 Å². The zero-order chi connectivity index (χ0) is 42.7. The average Bonchev–Trinajstić information content (AvgIpc) is 3.19. The van der Waals surface area contributed by atoms with Gasteiger partial charge in [-0.05, 0) is 37.1 Å². The number of fused-ring (bicyclic) bond motifs is 2. The molecule has 0 bridgehead atoms. The number of aliphatic hydroxyl groups excluding tert-OH is 2. The van der Waals surface area contributed by atoms with Crippen molar-refractivity contribution >= 4 is 22.7 Å². The molecule has 2 aromatic carbocycles. The summed E-state index contributed by atoms with van der Waals surface area (Å²) in [5.74, 6) is 0. The average molecular weight is 811 g/mol. The summed E-state index contributed by atoms with van der Waals surface area (Å²) in [7, 11) is 18.3. The van der Waals surface area contributed by atoms with Crippen LogP contribution in [0.3, 0.4) is 0 Å². The molecule has 0 saturated carbocycles. The minimum atomic E-state index is -0.308. The van der Waals surface area contributed by atoms with Crippen LogP contribution in [-0.4, -0.2) is 149 Å². The minimum Gasteiger partial charge on any atom is -0.345 e. The highest BCUT2D eigenvalue weighted by atomic mass is 16.3. The van der Waals surface area contributed by atoms with Crippen molar-refractivity contribution in [3.8, 4) is 0 Å². The molecule has 0 aliphatic carbocycles. The van der Waals surface area contributed by atoms with Crippen LogP contribution >= 0.6 is 0 Å². The highest BCUT2D eigenvalue weighted by Gasteiger charge is 2.34. The molecule has 0 spiro atoms. The summed E-state index contributed by atoms with van der Waals surface area (Å²) >= 11 is 0. The van der Waals surface area contributed by atoms with Crippen LogP contribution in [-0.2, 0) is 0 Å². The Bertz CT molecular complexity index is 1260. The fraction of sp³-hybridized carbons (Fsp3) is 0.760. The number of hydrogen-bond acceptors (Lipinski definition) is 4. The van der Waals surface area contributed by atoms with Crippen molar-refractivity contribution in [3.05, 3.63) is 48.5 Å². The monoisotopic (exact) mass is 811 g/mol. The molecule has 8 heteroatoms. The fourth-order valence-electron chi connectivity index (χ4n) is 8.52. The second kappa shape index (κ2) is 24.9. The summed E-state index contributed by atoms with van der Waals surface area (Å²) in [6.07, 6.45) is 22.0. The summed E-state index contributed by atoms with van der Waals surface area (Å²) in [5, 5.41) is 22.4. The van der Waals surface area contributed by atoms with Crippen molar-refractivity contribution in [2.75, 3.05) is 119 Å². The molecule has 0 saturated heterocycles. The summed E-state index contributed by atoms with van der Waals surface area (Å²) in [5.41, 5.74) is 5.13. The lowest BCUT2D eigenvalue weighted by Crippen LogP contribution is -2.56. The lowest BCUT2D eigenvalue weighted by molar-refractivity contribution is -0.971. The van der Waals surface area contributed by atoms with E-state index >= 15 is 0 Å². The summed E-state index contributed by atoms with van der Waals surface area (Å²) in [4.78, 5) is 5.10. The number of quaternary nitrogens is 4. The molecule has 1 heterocycles. The van der Waals surface area contributed by atoms with Gasteiger partial charge in [-0.1, -0.05) is 128 Å². The lowest BCUT2D eigenvalue weighted by Gasteiger charge is -2.43. The molecule has 2 unspecified atom stereocenters. The normalized spacial score (nSPS) is 14.8. The molecule has 3 rings (SSSR count). The number of rotatable bonds is 32. The van der Waals surface area contributed by atoms with E-state index in [0.717, 1.165) is 87.0 Å². The molecule has 58 heavy (non-hydrogen) atoms. The first-order valence-electron chi connectivity index (χ1n) is 23.9. The Morgan fingerprint density at radius 3 is 0.966 bits per heavy atom. The third-order valence-corrected chi connectivity index (χ3v) is 13.6. The molecule has 1 aliphatic heterocycles. The maximum absolute atomic E-state index is 11.2. The molecule has 332 valence electrons. The molecule has 0 aromatic heterocycles. The zero-order valence-corrected chi connectivity index (χ0v) is 39.7. The first-order valence-corrected chi connectivity index (χ1v) is 23.9. The van der Waals surface area contributed by atoms with E-state index in [9.17, 15) is 10.2 Å². The number of hydrogen-bond donors (Lipinski definition) is 2. The van der Waals surface area contributed by atoms with Crippen molar-refractivity contribution in [1.29, 1.82) is 0 Å². The quantitative estimate of drug-likeness (QED) is 0.0439. The number of nitrogens with zero attached hydrogens (tertiary/aromatic N) is 6. The van der Waals surface area contributed by atoms with Gasteiger partial charge in [0.25, 0.3) is 0 Å². The van der Waals surface area contributed by atoms with Crippen LogP contribution in [0, 0.1) is 0 Å². The van der Waals surface area contributed by atoms with E-state index < -0.39 is 0 Å². The summed E-state index contributed by atoms with van der Waals surface area (Å²) in [6, 6.07) is 17.9. The van der Waals surface area contributed by atoms with Crippen molar-refractivity contribution in [3.63, 3.8) is 0 Å². The zero-order valence-electron chi connectivity index (χ0n) is 39.7. The third-order valence-electron chi connectivity index (χ3n) is 13.6. The first kappa shape index (κ1) is 50.2. The molecular weight excluding hydrogens is 717 g/mol. The molecule has 8 nitrogen and oxygen atoms in total. The molecule has 1 aliphatic rings. The number of likely N-dealkylation sites (N-methyl/N-ethyl adjacent to an activating group) is 4. The smallest absolute Gasteiger partial charge is 0.190 e. The van der Waals surface area contributed by atoms with Gasteiger partial charge < -0.3 is 29.0 Å². The summed E-state index contributed by atoms with van der Waals surface area (Å²) < 4.78 is 3.14. The van der Waals surface area contributed by atoms with Gasteiger partial charge >= 0.3 is 0 Å². The van der Waals surface area contributed by atoms with Crippen LogP contribution in [0.15, 0.2) is 48.5 Å². The van der Waals surface area contributed by atoms with Gasteiger partial charge in [0.15, 0.2) is 12.5 Å². The second-order valence-electron chi connectivity index (χ2n) is 20.5. The van der Waals surface area contributed by atoms with E-state index in [1.165, 1.54) is 113 Å². The van der Waals surface area contributed by atoms with E-state index in [0.29, 0.717) is 8.97 Å². The molecule has 2 atom stereocenters.